The lowest BCUT2D eigenvalue weighted by Crippen LogP contribution is -2.16. The molecule has 1 N–H and O–H groups in total. The van der Waals surface area contributed by atoms with Crippen molar-refractivity contribution in [1.29, 1.82) is 0 Å². The van der Waals surface area contributed by atoms with Gasteiger partial charge in [0, 0.05) is 36.7 Å². The van der Waals surface area contributed by atoms with Crippen LogP contribution in [-0.2, 0) is 7.05 Å². The zero-order chi connectivity index (χ0) is 19.1. The van der Waals surface area contributed by atoms with Gasteiger partial charge >= 0.3 is 0 Å². The molecule has 0 saturated carbocycles. The van der Waals surface area contributed by atoms with Crippen molar-refractivity contribution in [2.45, 2.75) is 20.8 Å². The van der Waals surface area contributed by atoms with E-state index in [1.165, 1.54) is 0 Å². The van der Waals surface area contributed by atoms with Gasteiger partial charge in [-0.3, -0.25) is 0 Å². The minimum Gasteiger partial charge on any atom is -0.361 e. The standard InChI is InChI=1S/C20H20N6O/c1-11-19(12(2)27-25-11)15-8-16(20-17(9-15)22-13(3)23-20)14-6-7-18(24-21-4)26(5)10-14/h6-10H,4H2,1-3,5H3,(H,22,23)/b24-18-. The number of fused-ring (bicyclic) bond motifs is 1. The van der Waals surface area contributed by atoms with Gasteiger partial charge < -0.3 is 14.1 Å². The monoisotopic (exact) mass is 360 g/mol. The van der Waals surface area contributed by atoms with Gasteiger partial charge in [0.05, 0.1) is 16.7 Å². The highest BCUT2D eigenvalue weighted by Crippen LogP contribution is 2.35. The molecule has 4 aromatic rings. The number of benzene rings is 1. The third kappa shape index (κ3) is 2.87. The molecule has 0 aliphatic rings. The van der Waals surface area contributed by atoms with Crippen LogP contribution in [0.25, 0.3) is 33.3 Å². The highest BCUT2D eigenvalue weighted by atomic mass is 16.5. The van der Waals surface area contributed by atoms with Crippen LogP contribution in [0.5, 0.6) is 0 Å². The van der Waals surface area contributed by atoms with Gasteiger partial charge in [-0.2, -0.15) is 5.10 Å². The van der Waals surface area contributed by atoms with E-state index in [0.717, 1.165) is 56.1 Å². The molecule has 0 radical (unpaired) electrons. The molecule has 0 bridgehead atoms. The van der Waals surface area contributed by atoms with Crippen LogP contribution in [0.15, 0.2) is 45.2 Å². The number of nitrogens with one attached hydrogen (secondary N) is 1. The van der Waals surface area contributed by atoms with Crippen molar-refractivity contribution in [2.75, 3.05) is 0 Å². The number of nitrogens with zero attached hydrogens (tertiary/aromatic N) is 5. The summed E-state index contributed by atoms with van der Waals surface area (Å²) in [5, 5.41) is 11.7. The van der Waals surface area contributed by atoms with Crippen LogP contribution in [0.4, 0.5) is 0 Å². The minimum atomic E-state index is 0.727. The Labute approximate surface area is 156 Å². The maximum atomic E-state index is 5.37. The summed E-state index contributed by atoms with van der Waals surface area (Å²) in [6, 6.07) is 8.15. The zero-order valence-electron chi connectivity index (χ0n) is 15.7. The second kappa shape index (κ2) is 6.35. The quantitative estimate of drug-likeness (QED) is 0.447. The molecular weight excluding hydrogens is 340 g/mol. The van der Waals surface area contributed by atoms with Crippen molar-refractivity contribution >= 4 is 17.8 Å². The fraction of sp³-hybridized carbons (Fsp3) is 0.200. The van der Waals surface area contributed by atoms with Gasteiger partial charge in [-0.05, 0) is 50.6 Å². The lowest BCUT2D eigenvalue weighted by molar-refractivity contribution is 0.393. The summed E-state index contributed by atoms with van der Waals surface area (Å²) in [5.74, 6) is 1.67. The number of pyridine rings is 1. The summed E-state index contributed by atoms with van der Waals surface area (Å²) in [7, 11) is 1.93. The van der Waals surface area contributed by atoms with Crippen molar-refractivity contribution < 1.29 is 4.52 Å². The van der Waals surface area contributed by atoms with E-state index in [1.807, 2.05) is 50.7 Å². The summed E-state index contributed by atoms with van der Waals surface area (Å²) in [6.45, 7) is 9.25. The number of aromatic nitrogens is 4. The van der Waals surface area contributed by atoms with E-state index in [9.17, 15) is 0 Å². The summed E-state index contributed by atoms with van der Waals surface area (Å²) in [5.41, 5.74) is 7.61. The van der Waals surface area contributed by atoms with E-state index < -0.39 is 0 Å². The first-order valence-corrected chi connectivity index (χ1v) is 8.58. The summed E-state index contributed by atoms with van der Waals surface area (Å²) < 4.78 is 7.28. The summed E-state index contributed by atoms with van der Waals surface area (Å²) >= 11 is 0. The second-order valence-corrected chi connectivity index (χ2v) is 6.57. The Bertz CT molecular complexity index is 1220. The SMILES string of the molecule is C=N/N=c1/ccc(-c2cc(-c3c(C)noc3C)cc3[nH]c(C)nc23)cn1C. The van der Waals surface area contributed by atoms with Gasteiger partial charge in [-0.25, -0.2) is 4.98 Å². The van der Waals surface area contributed by atoms with E-state index in [2.05, 4.69) is 44.2 Å². The molecule has 0 fully saturated rings. The number of hydrogen-bond acceptors (Lipinski definition) is 5. The number of rotatable bonds is 3. The molecule has 4 rings (SSSR count). The molecule has 0 aliphatic heterocycles. The lowest BCUT2D eigenvalue weighted by Gasteiger charge is -2.09. The van der Waals surface area contributed by atoms with E-state index in [0.29, 0.717) is 0 Å². The van der Waals surface area contributed by atoms with Crippen LogP contribution >= 0.6 is 0 Å². The fourth-order valence-electron chi connectivity index (χ4n) is 3.44. The number of H-pyrrole nitrogens is 1. The third-order valence-corrected chi connectivity index (χ3v) is 4.62. The summed E-state index contributed by atoms with van der Waals surface area (Å²) in [4.78, 5) is 8.03. The summed E-state index contributed by atoms with van der Waals surface area (Å²) in [6.07, 6.45) is 2.01. The third-order valence-electron chi connectivity index (χ3n) is 4.62. The predicted octanol–water partition coefficient (Wildman–Crippen LogP) is 3.66. The Kier molecular flexibility index (Phi) is 3.99. The number of aromatic amines is 1. The molecule has 3 aromatic heterocycles. The average molecular weight is 360 g/mol. The number of imidazole rings is 1. The van der Waals surface area contributed by atoms with Gasteiger partial charge in [0.1, 0.15) is 11.6 Å². The molecule has 27 heavy (non-hydrogen) atoms. The minimum absolute atomic E-state index is 0.727. The Hall–Kier alpha value is -3.48. The second-order valence-electron chi connectivity index (χ2n) is 6.57. The van der Waals surface area contributed by atoms with Crippen LogP contribution in [0.2, 0.25) is 0 Å². The zero-order valence-corrected chi connectivity index (χ0v) is 15.7. The molecule has 3 heterocycles. The topological polar surface area (TPSA) is 84.4 Å². The van der Waals surface area contributed by atoms with Crippen LogP contribution < -0.4 is 5.49 Å². The fourth-order valence-corrected chi connectivity index (χ4v) is 3.44. The molecule has 0 saturated heterocycles. The molecule has 0 aliphatic carbocycles. The van der Waals surface area contributed by atoms with Crippen molar-refractivity contribution in [3.05, 3.63) is 53.2 Å². The van der Waals surface area contributed by atoms with Gasteiger partial charge in [-0.1, -0.05) is 5.16 Å². The first-order valence-electron chi connectivity index (χ1n) is 8.58. The van der Waals surface area contributed by atoms with E-state index in [-0.39, 0.29) is 0 Å². The highest BCUT2D eigenvalue weighted by Gasteiger charge is 2.16. The van der Waals surface area contributed by atoms with E-state index in [1.54, 1.807) is 0 Å². The Morgan fingerprint density at radius 1 is 1.15 bits per heavy atom. The molecule has 0 unspecified atom stereocenters. The maximum Gasteiger partial charge on any atom is 0.154 e. The number of hydrogen-bond donors (Lipinski definition) is 1. The van der Waals surface area contributed by atoms with Crippen molar-refractivity contribution in [3.63, 3.8) is 0 Å². The maximum absolute atomic E-state index is 5.37. The van der Waals surface area contributed by atoms with Gasteiger partial charge in [0.2, 0.25) is 0 Å². The molecule has 0 spiro atoms. The lowest BCUT2D eigenvalue weighted by atomic mass is 9.97. The van der Waals surface area contributed by atoms with Crippen molar-refractivity contribution in [1.82, 2.24) is 19.7 Å². The molecule has 0 atom stereocenters. The van der Waals surface area contributed by atoms with Crippen LogP contribution in [0.3, 0.4) is 0 Å². The Morgan fingerprint density at radius 2 is 1.96 bits per heavy atom. The largest absolute Gasteiger partial charge is 0.361 e. The van der Waals surface area contributed by atoms with E-state index >= 15 is 0 Å². The molecule has 136 valence electrons. The Morgan fingerprint density at radius 3 is 2.63 bits per heavy atom. The first kappa shape index (κ1) is 17.0. The van der Waals surface area contributed by atoms with Crippen LogP contribution in [0.1, 0.15) is 17.3 Å². The molecule has 1 aromatic carbocycles. The smallest absolute Gasteiger partial charge is 0.154 e. The van der Waals surface area contributed by atoms with Crippen LogP contribution in [-0.4, -0.2) is 26.4 Å². The Balaban J connectivity index is 2.01. The molecular formula is C20H20N6O. The molecule has 0 amide bonds. The molecule has 7 nitrogen and oxygen atoms in total. The predicted molar refractivity (Wildman–Crippen MR) is 105 cm³/mol. The number of aryl methyl sites for hydroxylation is 4. The van der Waals surface area contributed by atoms with Gasteiger partial charge in [0.25, 0.3) is 0 Å². The first-order chi connectivity index (χ1) is 13.0. The normalized spacial score (nSPS) is 12.1. The highest BCUT2D eigenvalue weighted by molar-refractivity contribution is 5.96. The van der Waals surface area contributed by atoms with Crippen molar-refractivity contribution in [2.24, 2.45) is 17.3 Å². The van der Waals surface area contributed by atoms with E-state index in [4.69, 9.17) is 4.52 Å². The molecule has 7 heteroatoms. The van der Waals surface area contributed by atoms with Crippen molar-refractivity contribution in [3.8, 4) is 22.3 Å². The van der Waals surface area contributed by atoms with Gasteiger partial charge in [0.15, 0.2) is 5.49 Å². The van der Waals surface area contributed by atoms with Gasteiger partial charge in [-0.15, -0.1) is 5.10 Å². The van der Waals surface area contributed by atoms with Crippen LogP contribution in [0, 0.1) is 20.8 Å². The average Bonchev–Trinajstić information content (AvgIpc) is 3.17.